The molecule has 3 N–H and O–H groups in total. The van der Waals surface area contributed by atoms with Crippen LogP contribution in [-0.2, 0) is 4.79 Å². The summed E-state index contributed by atoms with van der Waals surface area (Å²) in [6.07, 6.45) is 0.755. The van der Waals surface area contributed by atoms with Crippen LogP contribution in [0.5, 0.6) is 0 Å². The van der Waals surface area contributed by atoms with Gasteiger partial charge in [-0.15, -0.1) is 0 Å². The lowest BCUT2D eigenvalue weighted by Gasteiger charge is -2.33. The highest BCUT2D eigenvalue weighted by Gasteiger charge is 2.25. The molecule has 0 fully saturated rings. The predicted molar refractivity (Wildman–Crippen MR) is 59.8 cm³/mol. The van der Waals surface area contributed by atoms with E-state index >= 15 is 0 Å². The Labute approximate surface area is 91.7 Å². The summed E-state index contributed by atoms with van der Waals surface area (Å²) in [5, 5.41) is 20.8. The van der Waals surface area contributed by atoms with Crippen molar-refractivity contribution in [1.82, 2.24) is 5.32 Å². The molecule has 2 unspecified atom stereocenters. The third-order valence-electron chi connectivity index (χ3n) is 2.43. The average Bonchev–Trinajstić information content (AvgIpc) is 2.00. The molecule has 0 radical (unpaired) electrons. The Morgan fingerprint density at radius 3 is 2.27 bits per heavy atom. The van der Waals surface area contributed by atoms with Crippen LogP contribution >= 0.6 is 0 Å². The zero-order valence-corrected chi connectivity index (χ0v) is 10.1. The predicted octanol–water partition coefficient (Wildman–Crippen LogP) is 1.24. The van der Waals surface area contributed by atoms with Gasteiger partial charge in [0.25, 0.3) is 0 Å². The molecule has 0 aromatic heterocycles. The highest BCUT2D eigenvalue weighted by atomic mass is 16.4. The van der Waals surface area contributed by atoms with Crippen molar-refractivity contribution in [1.29, 1.82) is 0 Å². The highest BCUT2D eigenvalue weighted by Crippen LogP contribution is 2.22. The Balaban J connectivity index is 4.22. The maximum atomic E-state index is 10.5. The second-order valence-electron chi connectivity index (χ2n) is 5.10. The van der Waals surface area contributed by atoms with E-state index in [1.807, 2.05) is 6.92 Å². The first-order valence-electron chi connectivity index (χ1n) is 5.36. The molecule has 2 atom stereocenters. The quantitative estimate of drug-likeness (QED) is 0.626. The van der Waals surface area contributed by atoms with Crippen molar-refractivity contribution < 1.29 is 15.0 Å². The largest absolute Gasteiger partial charge is 0.481 e. The molecule has 0 aliphatic heterocycles. The molecule has 0 heterocycles. The van der Waals surface area contributed by atoms with Gasteiger partial charge in [-0.3, -0.25) is 4.79 Å². The second kappa shape index (κ2) is 6.08. The maximum Gasteiger partial charge on any atom is 0.304 e. The Bertz CT molecular complexity index is 198. The third kappa shape index (κ3) is 6.47. The van der Waals surface area contributed by atoms with Gasteiger partial charge in [-0.05, 0) is 18.8 Å². The van der Waals surface area contributed by atoms with Crippen molar-refractivity contribution in [3.63, 3.8) is 0 Å². The van der Waals surface area contributed by atoms with Crippen LogP contribution in [0.15, 0.2) is 0 Å². The molecule has 0 spiro atoms. The number of hydrogen-bond acceptors (Lipinski definition) is 3. The Kier molecular flexibility index (Phi) is 5.83. The number of carboxylic acid groups (broad SMARTS) is 1. The summed E-state index contributed by atoms with van der Waals surface area (Å²) in [6.45, 7) is 8.20. The third-order valence-corrected chi connectivity index (χ3v) is 2.43. The van der Waals surface area contributed by atoms with Gasteiger partial charge in [-0.25, -0.2) is 0 Å². The van der Waals surface area contributed by atoms with E-state index in [4.69, 9.17) is 10.2 Å². The zero-order valence-electron chi connectivity index (χ0n) is 10.1. The number of aliphatic hydroxyl groups excluding tert-OH is 1. The minimum atomic E-state index is -0.799. The minimum Gasteiger partial charge on any atom is -0.481 e. The minimum absolute atomic E-state index is 0.0233. The summed E-state index contributed by atoms with van der Waals surface area (Å²) in [6, 6.07) is 0.0649. The van der Waals surface area contributed by atoms with Crippen molar-refractivity contribution in [3.05, 3.63) is 0 Å². The molecule has 0 rings (SSSR count). The lowest BCUT2D eigenvalue weighted by atomic mass is 9.84. The summed E-state index contributed by atoms with van der Waals surface area (Å²) in [5.74, 6) is -0.799. The Morgan fingerprint density at radius 2 is 1.93 bits per heavy atom. The molecular weight excluding hydrogens is 194 g/mol. The highest BCUT2D eigenvalue weighted by molar-refractivity contribution is 5.67. The van der Waals surface area contributed by atoms with Gasteiger partial charge in [-0.2, -0.15) is 0 Å². The first kappa shape index (κ1) is 14.4. The summed E-state index contributed by atoms with van der Waals surface area (Å²) >= 11 is 0. The van der Waals surface area contributed by atoms with Gasteiger partial charge in [0.2, 0.25) is 0 Å². The molecule has 90 valence electrons. The van der Waals surface area contributed by atoms with Gasteiger partial charge < -0.3 is 15.5 Å². The van der Waals surface area contributed by atoms with Crippen LogP contribution < -0.4 is 5.32 Å². The molecule has 0 aromatic carbocycles. The lowest BCUT2D eigenvalue weighted by molar-refractivity contribution is -0.137. The topological polar surface area (TPSA) is 69.6 Å². The van der Waals surface area contributed by atoms with Crippen LogP contribution in [-0.4, -0.2) is 34.9 Å². The van der Waals surface area contributed by atoms with E-state index < -0.39 is 5.97 Å². The van der Waals surface area contributed by atoms with E-state index in [2.05, 4.69) is 26.1 Å². The molecule has 0 aromatic rings. The first-order chi connectivity index (χ1) is 6.77. The van der Waals surface area contributed by atoms with Crippen LogP contribution in [0.4, 0.5) is 0 Å². The molecule has 0 saturated carbocycles. The molecule has 0 aliphatic rings. The number of rotatable bonds is 6. The van der Waals surface area contributed by atoms with Crippen LogP contribution in [0.1, 0.15) is 40.5 Å². The number of carboxylic acids is 1. The monoisotopic (exact) mass is 217 g/mol. The molecule has 4 nitrogen and oxygen atoms in total. The smallest absolute Gasteiger partial charge is 0.304 e. The van der Waals surface area contributed by atoms with Gasteiger partial charge >= 0.3 is 5.97 Å². The average molecular weight is 217 g/mol. The van der Waals surface area contributed by atoms with Gasteiger partial charge in [-0.1, -0.05) is 20.8 Å². The van der Waals surface area contributed by atoms with Gasteiger partial charge in [0.05, 0.1) is 6.42 Å². The molecule has 15 heavy (non-hydrogen) atoms. The van der Waals surface area contributed by atoms with Gasteiger partial charge in [0.15, 0.2) is 0 Å². The molecule has 0 aliphatic carbocycles. The fourth-order valence-corrected chi connectivity index (χ4v) is 1.56. The summed E-state index contributed by atoms with van der Waals surface area (Å²) in [7, 11) is 0. The van der Waals surface area contributed by atoms with E-state index in [-0.39, 0.29) is 30.5 Å². The van der Waals surface area contributed by atoms with Crippen LogP contribution in [0, 0.1) is 5.41 Å². The Morgan fingerprint density at radius 1 is 1.40 bits per heavy atom. The standard InChI is InChI=1S/C11H23NO3/c1-8(7-10(14)15)12-9(5-6-13)11(2,3)4/h8-9,12-13H,5-7H2,1-4H3,(H,14,15). The molecular formula is C11H23NO3. The summed E-state index contributed by atoms with van der Waals surface area (Å²) < 4.78 is 0. The zero-order chi connectivity index (χ0) is 12.1. The van der Waals surface area contributed by atoms with E-state index in [9.17, 15) is 4.79 Å². The molecule has 0 saturated heterocycles. The van der Waals surface area contributed by atoms with Gasteiger partial charge in [0, 0.05) is 18.7 Å². The SMILES string of the molecule is CC(CC(=O)O)NC(CCO)C(C)(C)C. The van der Waals surface area contributed by atoms with Crippen molar-refractivity contribution in [3.8, 4) is 0 Å². The van der Waals surface area contributed by atoms with E-state index in [0.29, 0.717) is 6.42 Å². The fourth-order valence-electron chi connectivity index (χ4n) is 1.56. The van der Waals surface area contributed by atoms with Crippen molar-refractivity contribution >= 4 is 5.97 Å². The van der Waals surface area contributed by atoms with E-state index in [1.54, 1.807) is 0 Å². The van der Waals surface area contributed by atoms with E-state index in [1.165, 1.54) is 0 Å². The number of hydrogen-bond donors (Lipinski definition) is 3. The molecule has 4 heteroatoms. The lowest BCUT2D eigenvalue weighted by Crippen LogP contribution is -2.46. The van der Waals surface area contributed by atoms with Crippen molar-refractivity contribution in [2.24, 2.45) is 5.41 Å². The van der Waals surface area contributed by atoms with Gasteiger partial charge in [0.1, 0.15) is 0 Å². The van der Waals surface area contributed by atoms with Crippen LogP contribution in [0.2, 0.25) is 0 Å². The summed E-state index contributed by atoms with van der Waals surface area (Å²) in [4.78, 5) is 10.5. The first-order valence-corrected chi connectivity index (χ1v) is 5.36. The summed E-state index contributed by atoms with van der Waals surface area (Å²) in [5.41, 5.74) is 0.0233. The van der Waals surface area contributed by atoms with E-state index in [0.717, 1.165) is 0 Å². The fraction of sp³-hybridized carbons (Fsp3) is 0.909. The number of nitrogens with one attached hydrogen (secondary N) is 1. The molecule has 0 bridgehead atoms. The number of aliphatic hydroxyl groups is 1. The molecule has 0 amide bonds. The maximum absolute atomic E-state index is 10.5. The normalized spacial score (nSPS) is 16.1. The number of aliphatic carboxylic acids is 1. The van der Waals surface area contributed by atoms with Crippen LogP contribution in [0.3, 0.4) is 0 Å². The van der Waals surface area contributed by atoms with Crippen LogP contribution in [0.25, 0.3) is 0 Å². The Hall–Kier alpha value is -0.610. The van der Waals surface area contributed by atoms with Crippen molar-refractivity contribution in [2.75, 3.05) is 6.61 Å². The second-order valence-corrected chi connectivity index (χ2v) is 5.10. The van der Waals surface area contributed by atoms with Crippen molar-refractivity contribution in [2.45, 2.75) is 52.6 Å². The number of carbonyl (C=O) groups is 1.